The highest BCUT2D eigenvalue weighted by atomic mass is 35.5. The van der Waals surface area contributed by atoms with Crippen molar-refractivity contribution in [3.8, 4) is 0 Å². The highest BCUT2D eigenvalue weighted by Crippen LogP contribution is 2.33. The Morgan fingerprint density at radius 1 is 1.36 bits per heavy atom. The summed E-state index contributed by atoms with van der Waals surface area (Å²) in [6, 6.07) is 6.78. The maximum absolute atomic E-state index is 6.19. The fraction of sp³-hybridized carbons (Fsp3) is 0.500. The molecule has 0 amide bonds. The first-order chi connectivity index (χ1) is 6.70. The molecule has 1 nitrogen and oxygen atoms in total. The topological polar surface area (TPSA) is 3.24 Å². The number of rotatable bonds is 1. The third-order valence-electron chi connectivity index (χ3n) is 2.85. The third-order valence-corrected chi connectivity index (χ3v) is 3.21. The van der Waals surface area contributed by atoms with Gasteiger partial charge in [-0.15, -0.1) is 0 Å². The van der Waals surface area contributed by atoms with E-state index in [0.29, 0.717) is 6.04 Å². The van der Waals surface area contributed by atoms with Crippen molar-refractivity contribution in [1.82, 2.24) is 0 Å². The third kappa shape index (κ3) is 1.61. The number of hydrogen-bond acceptors (Lipinski definition) is 1. The van der Waals surface area contributed by atoms with Gasteiger partial charge >= 0.3 is 0 Å². The summed E-state index contributed by atoms with van der Waals surface area (Å²) in [6.07, 6.45) is 2.34. The highest BCUT2D eigenvalue weighted by molar-refractivity contribution is 6.31. The van der Waals surface area contributed by atoms with Crippen LogP contribution in [0, 0.1) is 0 Å². The Kier molecular flexibility index (Phi) is 2.69. The van der Waals surface area contributed by atoms with Gasteiger partial charge in [-0.3, -0.25) is 0 Å². The van der Waals surface area contributed by atoms with E-state index in [9.17, 15) is 0 Å². The molecule has 0 saturated carbocycles. The van der Waals surface area contributed by atoms with Crippen LogP contribution in [0.5, 0.6) is 0 Å². The summed E-state index contributed by atoms with van der Waals surface area (Å²) in [7, 11) is 0. The standard InChI is InChI=1S/C12H16ClN/c1-9(2)14-8-4-5-10-11(13)6-3-7-12(10)14/h3,6-7,9H,4-5,8H2,1-2H3. The minimum absolute atomic E-state index is 0.563. The molecule has 1 heterocycles. The Morgan fingerprint density at radius 3 is 2.86 bits per heavy atom. The molecule has 0 radical (unpaired) electrons. The molecular formula is C12H16ClN. The van der Waals surface area contributed by atoms with Crippen molar-refractivity contribution in [3.05, 3.63) is 28.8 Å². The quantitative estimate of drug-likeness (QED) is 0.685. The summed E-state index contributed by atoms with van der Waals surface area (Å²) in [6.45, 7) is 5.62. The van der Waals surface area contributed by atoms with Crippen molar-refractivity contribution >= 4 is 17.3 Å². The molecule has 0 aromatic heterocycles. The summed E-state index contributed by atoms with van der Waals surface area (Å²) in [5, 5.41) is 0.924. The lowest BCUT2D eigenvalue weighted by molar-refractivity contribution is 0.626. The number of benzene rings is 1. The lowest BCUT2D eigenvalue weighted by Crippen LogP contribution is -2.35. The van der Waals surface area contributed by atoms with E-state index in [2.05, 4.69) is 24.8 Å². The van der Waals surface area contributed by atoms with Gasteiger partial charge in [0.15, 0.2) is 0 Å². The molecule has 0 unspecified atom stereocenters. The Balaban J connectivity index is 2.44. The molecule has 14 heavy (non-hydrogen) atoms. The second-order valence-electron chi connectivity index (χ2n) is 4.13. The van der Waals surface area contributed by atoms with Gasteiger partial charge in [-0.05, 0) is 44.4 Å². The molecule has 76 valence electrons. The van der Waals surface area contributed by atoms with E-state index in [1.807, 2.05) is 12.1 Å². The van der Waals surface area contributed by atoms with Crippen LogP contribution in [0.3, 0.4) is 0 Å². The molecule has 1 aromatic carbocycles. The molecule has 0 N–H and O–H groups in total. The fourth-order valence-corrected chi connectivity index (χ4v) is 2.41. The summed E-state index contributed by atoms with van der Waals surface area (Å²) in [5.41, 5.74) is 2.66. The molecule has 2 heteroatoms. The summed E-state index contributed by atoms with van der Waals surface area (Å²) in [4.78, 5) is 2.44. The Labute approximate surface area is 90.7 Å². The number of nitrogens with zero attached hydrogens (tertiary/aromatic N) is 1. The first-order valence-corrected chi connectivity index (χ1v) is 5.62. The van der Waals surface area contributed by atoms with Gasteiger partial charge in [0.25, 0.3) is 0 Å². The van der Waals surface area contributed by atoms with E-state index in [-0.39, 0.29) is 0 Å². The van der Waals surface area contributed by atoms with Crippen LogP contribution in [-0.2, 0) is 6.42 Å². The predicted molar refractivity (Wildman–Crippen MR) is 62.3 cm³/mol. The van der Waals surface area contributed by atoms with Gasteiger partial charge in [-0.2, -0.15) is 0 Å². The van der Waals surface area contributed by atoms with Crippen molar-refractivity contribution in [1.29, 1.82) is 0 Å². The maximum Gasteiger partial charge on any atom is 0.0458 e. The first kappa shape index (κ1) is 9.85. The normalized spacial score (nSPS) is 15.9. The average molecular weight is 210 g/mol. The van der Waals surface area contributed by atoms with Crippen LogP contribution in [0.15, 0.2) is 18.2 Å². The van der Waals surface area contributed by atoms with E-state index in [4.69, 9.17) is 11.6 Å². The van der Waals surface area contributed by atoms with Crippen LogP contribution in [0.2, 0.25) is 5.02 Å². The van der Waals surface area contributed by atoms with Crippen molar-refractivity contribution in [3.63, 3.8) is 0 Å². The zero-order valence-electron chi connectivity index (χ0n) is 8.76. The van der Waals surface area contributed by atoms with Crippen LogP contribution in [0.1, 0.15) is 25.8 Å². The fourth-order valence-electron chi connectivity index (χ4n) is 2.15. The largest absolute Gasteiger partial charge is 0.369 e. The van der Waals surface area contributed by atoms with E-state index in [0.717, 1.165) is 18.0 Å². The molecule has 0 atom stereocenters. The van der Waals surface area contributed by atoms with Crippen LogP contribution in [0.4, 0.5) is 5.69 Å². The Hall–Kier alpha value is -0.690. The lowest BCUT2D eigenvalue weighted by Gasteiger charge is -2.35. The summed E-state index contributed by atoms with van der Waals surface area (Å²) < 4.78 is 0. The summed E-state index contributed by atoms with van der Waals surface area (Å²) >= 11 is 6.19. The SMILES string of the molecule is CC(C)N1CCCc2c(Cl)cccc21. The highest BCUT2D eigenvalue weighted by Gasteiger charge is 2.20. The van der Waals surface area contributed by atoms with Gasteiger partial charge in [0.2, 0.25) is 0 Å². The number of anilines is 1. The molecule has 0 bridgehead atoms. The molecule has 0 saturated heterocycles. The minimum atomic E-state index is 0.563. The lowest BCUT2D eigenvalue weighted by atomic mass is 10.0. The summed E-state index contributed by atoms with van der Waals surface area (Å²) in [5.74, 6) is 0. The van der Waals surface area contributed by atoms with E-state index < -0.39 is 0 Å². The van der Waals surface area contributed by atoms with Gasteiger partial charge in [-0.25, -0.2) is 0 Å². The van der Waals surface area contributed by atoms with Gasteiger partial charge in [0, 0.05) is 23.3 Å². The predicted octanol–water partition coefficient (Wildman–Crippen LogP) is 3.50. The number of halogens is 1. The van der Waals surface area contributed by atoms with E-state index in [1.165, 1.54) is 17.7 Å². The van der Waals surface area contributed by atoms with Crippen molar-refractivity contribution in [2.75, 3.05) is 11.4 Å². The monoisotopic (exact) mass is 209 g/mol. The van der Waals surface area contributed by atoms with Crippen LogP contribution < -0.4 is 4.90 Å². The van der Waals surface area contributed by atoms with Crippen molar-refractivity contribution < 1.29 is 0 Å². The van der Waals surface area contributed by atoms with Crippen molar-refractivity contribution in [2.24, 2.45) is 0 Å². The minimum Gasteiger partial charge on any atom is -0.369 e. The zero-order chi connectivity index (χ0) is 10.1. The van der Waals surface area contributed by atoms with Crippen LogP contribution in [0.25, 0.3) is 0 Å². The van der Waals surface area contributed by atoms with Gasteiger partial charge in [0.1, 0.15) is 0 Å². The molecule has 1 aliphatic heterocycles. The molecule has 1 aliphatic rings. The molecule has 0 spiro atoms. The average Bonchev–Trinajstić information content (AvgIpc) is 2.17. The molecule has 0 aliphatic carbocycles. The maximum atomic E-state index is 6.19. The van der Waals surface area contributed by atoms with E-state index in [1.54, 1.807) is 0 Å². The van der Waals surface area contributed by atoms with E-state index >= 15 is 0 Å². The van der Waals surface area contributed by atoms with Crippen LogP contribution in [-0.4, -0.2) is 12.6 Å². The van der Waals surface area contributed by atoms with Gasteiger partial charge in [0.05, 0.1) is 0 Å². The van der Waals surface area contributed by atoms with Crippen LogP contribution >= 0.6 is 11.6 Å². The molecule has 2 rings (SSSR count). The number of fused-ring (bicyclic) bond motifs is 1. The molecule has 1 aromatic rings. The molecular weight excluding hydrogens is 194 g/mol. The zero-order valence-corrected chi connectivity index (χ0v) is 9.51. The Morgan fingerprint density at radius 2 is 2.14 bits per heavy atom. The van der Waals surface area contributed by atoms with Gasteiger partial charge < -0.3 is 4.90 Å². The first-order valence-electron chi connectivity index (χ1n) is 5.24. The molecule has 0 fully saturated rings. The number of hydrogen-bond donors (Lipinski definition) is 0. The van der Waals surface area contributed by atoms with Gasteiger partial charge in [-0.1, -0.05) is 17.7 Å². The second-order valence-corrected chi connectivity index (χ2v) is 4.54. The smallest absolute Gasteiger partial charge is 0.0458 e. The van der Waals surface area contributed by atoms with Crippen molar-refractivity contribution in [2.45, 2.75) is 32.7 Å². The Bertz CT molecular complexity index is 333. The second kappa shape index (κ2) is 3.82.